The third-order valence-electron chi connectivity index (χ3n) is 5.96. The van der Waals surface area contributed by atoms with Crippen LogP contribution in [0.1, 0.15) is 55.9 Å². The zero-order chi connectivity index (χ0) is 18.1. The van der Waals surface area contributed by atoms with Crippen molar-refractivity contribution in [2.75, 3.05) is 19.3 Å². The van der Waals surface area contributed by atoms with Gasteiger partial charge in [-0.25, -0.2) is 4.98 Å². The van der Waals surface area contributed by atoms with Gasteiger partial charge in [0.15, 0.2) is 5.16 Å². The number of likely N-dealkylation sites (tertiary alicyclic amines) is 1. The Kier molecular flexibility index (Phi) is 5.72. The number of hydrogen-bond donors (Lipinski definition) is 0. The lowest BCUT2D eigenvalue weighted by Crippen LogP contribution is -2.36. The lowest BCUT2D eigenvalue weighted by Gasteiger charge is -2.32. The topological polar surface area (TPSA) is 38.1 Å². The van der Waals surface area contributed by atoms with Crippen LogP contribution in [-0.2, 0) is 19.4 Å². The average molecular weight is 392 g/mol. The van der Waals surface area contributed by atoms with Gasteiger partial charge in [0.2, 0.25) is 0 Å². The van der Waals surface area contributed by atoms with Crippen molar-refractivity contribution in [2.45, 2.75) is 76.0 Å². The minimum Gasteiger partial charge on any atom is -0.303 e. The maximum Gasteiger partial charge on any atom is 0.263 e. The SMILES string of the molecule is CCn1c(SCCC2CCCCN2C)nc2sc3c(c2c1=O)CCCC3. The highest BCUT2D eigenvalue weighted by atomic mass is 32.2. The fraction of sp³-hybridized carbons (Fsp3) is 0.700. The van der Waals surface area contributed by atoms with Crippen LogP contribution >= 0.6 is 23.1 Å². The van der Waals surface area contributed by atoms with Gasteiger partial charge in [0.1, 0.15) is 4.83 Å². The van der Waals surface area contributed by atoms with Crippen molar-refractivity contribution in [3.63, 3.8) is 0 Å². The van der Waals surface area contributed by atoms with Gasteiger partial charge in [0.25, 0.3) is 5.56 Å². The number of fused-ring (bicyclic) bond motifs is 3. The molecule has 0 radical (unpaired) electrons. The first kappa shape index (κ1) is 18.5. The first-order chi connectivity index (χ1) is 12.7. The zero-order valence-corrected chi connectivity index (χ0v) is 17.6. The monoisotopic (exact) mass is 391 g/mol. The summed E-state index contributed by atoms with van der Waals surface area (Å²) in [5.74, 6) is 1.04. The second-order valence-electron chi connectivity index (χ2n) is 7.60. The molecule has 2 aromatic heterocycles. The number of aromatic nitrogens is 2. The molecule has 4 rings (SSSR count). The Labute approximate surface area is 164 Å². The Balaban J connectivity index is 1.57. The van der Waals surface area contributed by atoms with Crippen LogP contribution < -0.4 is 5.56 Å². The van der Waals surface area contributed by atoms with Gasteiger partial charge >= 0.3 is 0 Å². The van der Waals surface area contributed by atoms with E-state index in [0.717, 1.165) is 34.0 Å². The summed E-state index contributed by atoms with van der Waals surface area (Å²) in [5, 5.41) is 1.84. The standard InChI is InChI=1S/C20H29N3OS2/c1-3-23-19(24)17-15-9-4-5-10-16(15)26-18(17)21-20(23)25-13-11-14-8-6-7-12-22(14)2/h14H,3-13H2,1-2H3. The molecule has 0 aromatic carbocycles. The Hall–Kier alpha value is -0.850. The summed E-state index contributed by atoms with van der Waals surface area (Å²) >= 11 is 3.54. The quantitative estimate of drug-likeness (QED) is 0.562. The molecule has 6 heteroatoms. The molecule has 0 spiro atoms. The number of piperidine rings is 1. The molecular weight excluding hydrogens is 362 g/mol. The molecule has 0 bridgehead atoms. The van der Waals surface area contributed by atoms with Crippen molar-refractivity contribution in [3.8, 4) is 0 Å². The highest BCUT2D eigenvalue weighted by molar-refractivity contribution is 7.99. The maximum absolute atomic E-state index is 13.1. The van der Waals surface area contributed by atoms with Crippen LogP contribution in [0.3, 0.4) is 0 Å². The van der Waals surface area contributed by atoms with Crippen molar-refractivity contribution in [1.82, 2.24) is 14.5 Å². The second kappa shape index (κ2) is 8.03. The zero-order valence-electron chi connectivity index (χ0n) is 15.9. The molecule has 1 aliphatic heterocycles. The van der Waals surface area contributed by atoms with Crippen LogP contribution in [0.4, 0.5) is 0 Å². The van der Waals surface area contributed by atoms with Gasteiger partial charge in [0, 0.05) is 23.2 Å². The third kappa shape index (κ3) is 3.48. The van der Waals surface area contributed by atoms with Gasteiger partial charge in [-0.2, -0.15) is 0 Å². The molecule has 1 saturated heterocycles. The number of thiophene rings is 1. The van der Waals surface area contributed by atoms with E-state index in [0.29, 0.717) is 12.6 Å². The Bertz CT molecular complexity index is 842. The summed E-state index contributed by atoms with van der Waals surface area (Å²) in [4.78, 5) is 23.0. The highest BCUT2D eigenvalue weighted by Gasteiger charge is 2.22. The van der Waals surface area contributed by atoms with Crippen molar-refractivity contribution in [2.24, 2.45) is 0 Å². The number of rotatable bonds is 5. The number of hydrogen-bond acceptors (Lipinski definition) is 5. The largest absolute Gasteiger partial charge is 0.303 e. The summed E-state index contributed by atoms with van der Waals surface area (Å²) in [6.45, 7) is 3.99. The van der Waals surface area contributed by atoms with Crippen molar-refractivity contribution < 1.29 is 0 Å². The van der Waals surface area contributed by atoms with E-state index in [1.54, 1.807) is 23.1 Å². The fourth-order valence-electron chi connectivity index (χ4n) is 4.40. The predicted molar refractivity (Wildman–Crippen MR) is 112 cm³/mol. The van der Waals surface area contributed by atoms with Crippen LogP contribution in [0.5, 0.6) is 0 Å². The third-order valence-corrected chi connectivity index (χ3v) is 8.16. The Morgan fingerprint density at radius 1 is 1.23 bits per heavy atom. The van der Waals surface area contributed by atoms with E-state index in [2.05, 4.69) is 18.9 Å². The van der Waals surface area contributed by atoms with Crippen molar-refractivity contribution >= 4 is 33.3 Å². The van der Waals surface area contributed by atoms with Gasteiger partial charge in [-0.05, 0) is 71.0 Å². The molecule has 1 fully saturated rings. The minimum atomic E-state index is 0.189. The van der Waals surface area contributed by atoms with E-state index in [4.69, 9.17) is 4.98 Å². The normalized spacial score (nSPS) is 21.2. The summed E-state index contributed by atoms with van der Waals surface area (Å²) in [5.41, 5.74) is 1.49. The second-order valence-corrected chi connectivity index (χ2v) is 9.75. The minimum absolute atomic E-state index is 0.189. The molecular formula is C20H29N3OS2. The molecule has 1 aliphatic carbocycles. The van der Waals surface area contributed by atoms with E-state index in [1.165, 1.54) is 55.5 Å². The molecule has 142 valence electrons. The van der Waals surface area contributed by atoms with Crippen LogP contribution in [0, 0.1) is 0 Å². The summed E-state index contributed by atoms with van der Waals surface area (Å²) in [6.07, 6.45) is 9.80. The molecule has 0 N–H and O–H groups in total. The summed E-state index contributed by atoms with van der Waals surface area (Å²) < 4.78 is 1.90. The molecule has 1 unspecified atom stereocenters. The molecule has 26 heavy (non-hydrogen) atoms. The molecule has 3 heterocycles. The average Bonchev–Trinajstić information content (AvgIpc) is 3.02. The van der Waals surface area contributed by atoms with E-state index in [1.807, 2.05) is 4.57 Å². The molecule has 0 amide bonds. The lowest BCUT2D eigenvalue weighted by atomic mass is 9.97. The molecule has 0 saturated carbocycles. The maximum atomic E-state index is 13.1. The van der Waals surface area contributed by atoms with Crippen molar-refractivity contribution in [1.29, 1.82) is 0 Å². The van der Waals surface area contributed by atoms with Crippen LogP contribution in [0.2, 0.25) is 0 Å². The van der Waals surface area contributed by atoms with Gasteiger partial charge in [-0.3, -0.25) is 9.36 Å². The first-order valence-electron chi connectivity index (χ1n) is 10.1. The van der Waals surface area contributed by atoms with Gasteiger partial charge in [-0.1, -0.05) is 18.2 Å². The smallest absolute Gasteiger partial charge is 0.263 e. The Morgan fingerprint density at radius 2 is 2.08 bits per heavy atom. The molecule has 1 atom stereocenters. The molecule has 4 nitrogen and oxygen atoms in total. The van der Waals surface area contributed by atoms with Gasteiger partial charge in [-0.15, -0.1) is 11.3 Å². The molecule has 2 aliphatic rings. The molecule has 2 aromatic rings. The summed E-state index contributed by atoms with van der Waals surface area (Å²) in [6, 6.07) is 0.691. The van der Waals surface area contributed by atoms with Gasteiger partial charge in [0.05, 0.1) is 5.39 Å². The van der Waals surface area contributed by atoms with Crippen molar-refractivity contribution in [3.05, 3.63) is 20.8 Å². The van der Waals surface area contributed by atoms with E-state index >= 15 is 0 Å². The van der Waals surface area contributed by atoms with E-state index in [9.17, 15) is 4.79 Å². The fourth-order valence-corrected chi connectivity index (χ4v) is 6.81. The Morgan fingerprint density at radius 3 is 2.88 bits per heavy atom. The summed E-state index contributed by atoms with van der Waals surface area (Å²) in [7, 11) is 2.25. The van der Waals surface area contributed by atoms with Gasteiger partial charge < -0.3 is 4.90 Å². The number of thioether (sulfide) groups is 1. The van der Waals surface area contributed by atoms with E-state index < -0.39 is 0 Å². The number of aryl methyl sites for hydroxylation is 2. The first-order valence-corrected chi connectivity index (χ1v) is 11.9. The predicted octanol–water partition coefficient (Wildman–Crippen LogP) is 4.32. The van der Waals surface area contributed by atoms with Crippen LogP contribution in [0.15, 0.2) is 9.95 Å². The highest BCUT2D eigenvalue weighted by Crippen LogP contribution is 2.35. The lowest BCUT2D eigenvalue weighted by molar-refractivity contribution is 0.182. The van der Waals surface area contributed by atoms with Crippen LogP contribution in [-0.4, -0.2) is 39.8 Å². The number of nitrogens with zero attached hydrogens (tertiary/aromatic N) is 3. The van der Waals surface area contributed by atoms with E-state index in [-0.39, 0.29) is 5.56 Å². The van der Waals surface area contributed by atoms with Crippen LogP contribution in [0.25, 0.3) is 10.2 Å².